The minimum atomic E-state index is 0.0292. The Morgan fingerprint density at radius 1 is 1.14 bits per heavy atom. The lowest BCUT2D eigenvalue weighted by atomic mass is 9.99. The van der Waals surface area contributed by atoms with Crippen LogP contribution < -0.4 is 10.2 Å². The number of hydrogen-bond acceptors (Lipinski definition) is 2. The summed E-state index contributed by atoms with van der Waals surface area (Å²) in [6.07, 6.45) is 3.91. The highest BCUT2D eigenvalue weighted by Gasteiger charge is 2.17. The minimum Gasteiger partial charge on any atom is -0.371 e. The van der Waals surface area contributed by atoms with E-state index in [4.69, 9.17) is 0 Å². The molecule has 1 heterocycles. The van der Waals surface area contributed by atoms with Gasteiger partial charge in [-0.1, -0.05) is 37.3 Å². The van der Waals surface area contributed by atoms with Crippen LogP contribution in [0.15, 0.2) is 42.5 Å². The molecule has 0 bridgehead atoms. The van der Waals surface area contributed by atoms with E-state index >= 15 is 0 Å². The van der Waals surface area contributed by atoms with Crippen LogP contribution in [0.1, 0.15) is 61.4 Å². The number of anilines is 1. The number of carbonyl (C=O) groups excluding carboxylic acids is 1. The van der Waals surface area contributed by atoms with Crippen molar-refractivity contribution in [2.75, 3.05) is 18.0 Å². The number of nitrogens with one attached hydrogen (secondary N) is 1. The first-order valence-corrected chi connectivity index (χ1v) is 10.6. The second-order valence-corrected chi connectivity index (χ2v) is 8.49. The smallest absolute Gasteiger partial charge is 0.220 e. The van der Waals surface area contributed by atoms with E-state index in [2.05, 4.69) is 80.4 Å². The molecule has 0 aromatic heterocycles. The Bertz CT molecular complexity index is 797. The van der Waals surface area contributed by atoms with Crippen LogP contribution in [0.25, 0.3) is 0 Å². The van der Waals surface area contributed by atoms with Gasteiger partial charge in [-0.05, 0) is 80.3 Å². The molecule has 0 saturated carbocycles. The summed E-state index contributed by atoms with van der Waals surface area (Å²) >= 11 is 0. The number of hydrogen-bond donors (Lipinski definition) is 1. The van der Waals surface area contributed by atoms with Gasteiger partial charge in [0.05, 0.1) is 6.04 Å². The highest BCUT2D eigenvalue weighted by molar-refractivity contribution is 5.76. The maximum absolute atomic E-state index is 12.4. The molecule has 3 heteroatoms. The highest BCUT2D eigenvalue weighted by Crippen LogP contribution is 2.24. The molecule has 0 radical (unpaired) electrons. The molecule has 28 heavy (non-hydrogen) atoms. The molecule has 1 aliphatic rings. The van der Waals surface area contributed by atoms with Crippen molar-refractivity contribution in [3.05, 3.63) is 64.7 Å². The predicted octanol–water partition coefficient (Wildman–Crippen LogP) is 5.35. The van der Waals surface area contributed by atoms with Gasteiger partial charge in [0.15, 0.2) is 0 Å². The summed E-state index contributed by atoms with van der Waals surface area (Å²) in [4.78, 5) is 14.9. The van der Waals surface area contributed by atoms with Crippen molar-refractivity contribution in [1.29, 1.82) is 0 Å². The fourth-order valence-corrected chi connectivity index (χ4v) is 4.01. The average molecular weight is 379 g/mol. The van der Waals surface area contributed by atoms with Gasteiger partial charge in [-0.15, -0.1) is 0 Å². The van der Waals surface area contributed by atoms with Crippen molar-refractivity contribution in [2.45, 2.75) is 59.4 Å². The molecule has 0 spiro atoms. The van der Waals surface area contributed by atoms with Crippen LogP contribution in [-0.4, -0.2) is 19.0 Å². The van der Waals surface area contributed by atoms with Gasteiger partial charge in [-0.3, -0.25) is 4.79 Å². The number of benzene rings is 2. The van der Waals surface area contributed by atoms with E-state index in [9.17, 15) is 4.79 Å². The molecule has 150 valence electrons. The van der Waals surface area contributed by atoms with Crippen LogP contribution >= 0.6 is 0 Å². The van der Waals surface area contributed by atoms with Gasteiger partial charge in [0, 0.05) is 25.2 Å². The Balaban J connectivity index is 1.51. The molecule has 1 N–H and O–H groups in total. The van der Waals surface area contributed by atoms with Gasteiger partial charge in [0.25, 0.3) is 0 Å². The third-order valence-electron chi connectivity index (χ3n) is 6.00. The molecule has 3 nitrogen and oxygen atoms in total. The van der Waals surface area contributed by atoms with Crippen LogP contribution in [0, 0.1) is 19.8 Å². The fourth-order valence-electron chi connectivity index (χ4n) is 4.01. The Kier molecular flexibility index (Phi) is 6.77. The molecular weight excluding hydrogens is 344 g/mol. The van der Waals surface area contributed by atoms with Crippen molar-refractivity contribution in [3.8, 4) is 0 Å². The Morgan fingerprint density at radius 3 is 2.57 bits per heavy atom. The Morgan fingerprint density at radius 2 is 1.89 bits per heavy atom. The molecule has 1 amide bonds. The monoisotopic (exact) mass is 378 g/mol. The SMILES string of the molecule is Cc1ccc(CCC(=O)N[C@H](C)c2ccc(N3CCC[C@H](C)C3)cc2)cc1C. The summed E-state index contributed by atoms with van der Waals surface area (Å²) in [7, 11) is 0. The number of carbonyl (C=O) groups is 1. The van der Waals surface area contributed by atoms with Crippen molar-refractivity contribution in [3.63, 3.8) is 0 Å². The predicted molar refractivity (Wildman–Crippen MR) is 118 cm³/mol. The standard InChI is InChI=1S/C25H34N2O/c1-18-6-5-15-27(17-18)24-12-10-23(11-13-24)21(4)26-25(28)14-9-22-8-7-19(2)20(3)16-22/h7-8,10-13,16,18,21H,5-6,9,14-15,17H2,1-4H3,(H,26,28)/t18-,21+/m0/s1. The average Bonchev–Trinajstić information content (AvgIpc) is 2.69. The molecule has 2 aromatic rings. The van der Waals surface area contributed by atoms with Crippen molar-refractivity contribution >= 4 is 11.6 Å². The van der Waals surface area contributed by atoms with E-state index in [0.717, 1.165) is 31.0 Å². The van der Waals surface area contributed by atoms with Crippen LogP contribution in [0.3, 0.4) is 0 Å². The molecule has 2 aromatic carbocycles. The van der Waals surface area contributed by atoms with E-state index in [1.165, 1.54) is 35.2 Å². The van der Waals surface area contributed by atoms with Gasteiger partial charge < -0.3 is 10.2 Å². The molecule has 1 fully saturated rings. The molecule has 1 aliphatic heterocycles. The van der Waals surface area contributed by atoms with E-state index in [1.54, 1.807) is 0 Å². The second kappa shape index (κ2) is 9.27. The largest absolute Gasteiger partial charge is 0.371 e. The van der Waals surface area contributed by atoms with E-state index in [0.29, 0.717) is 6.42 Å². The van der Waals surface area contributed by atoms with Gasteiger partial charge in [0.2, 0.25) is 5.91 Å². The van der Waals surface area contributed by atoms with Crippen LogP contribution in [0.2, 0.25) is 0 Å². The Labute approximate surface area is 170 Å². The summed E-state index contributed by atoms with van der Waals surface area (Å²) in [5.41, 5.74) is 6.27. The van der Waals surface area contributed by atoms with E-state index < -0.39 is 0 Å². The normalized spacial score (nSPS) is 18.0. The lowest BCUT2D eigenvalue weighted by Gasteiger charge is -2.33. The number of nitrogens with zero attached hydrogens (tertiary/aromatic N) is 1. The number of piperidine rings is 1. The van der Waals surface area contributed by atoms with Crippen LogP contribution in [-0.2, 0) is 11.2 Å². The van der Waals surface area contributed by atoms with Crippen LogP contribution in [0.5, 0.6) is 0 Å². The van der Waals surface area contributed by atoms with Crippen molar-refractivity contribution in [1.82, 2.24) is 5.32 Å². The van der Waals surface area contributed by atoms with E-state index in [1.807, 2.05) is 0 Å². The second-order valence-electron chi connectivity index (χ2n) is 8.49. The molecule has 0 aliphatic carbocycles. The number of rotatable bonds is 6. The summed E-state index contributed by atoms with van der Waals surface area (Å²) in [5, 5.41) is 3.15. The maximum atomic E-state index is 12.4. The zero-order valence-electron chi connectivity index (χ0n) is 17.8. The summed E-state index contributed by atoms with van der Waals surface area (Å²) in [6, 6.07) is 15.2. The molecular formula is C25H34N2O. The zero-order chi connectivity index (χ0) is 20.1. The summed E-state index contributed by atoms with van der Waals surface area (Å²) in [5.74, 6) is 0.878. The molecule has 0 unspecified atom stereocenters. The van der Waals surface area contributed by atoms with Gasteiger partial charge in [0.1, 0.15) is 0 Å². The molecule has 3 rings (SSSR count). The minimum absolute atomic E-state index is 0.0292. The van der Waals surface area contributed by atoms with Gasteiger partial charge in [-0.2, -0.15) is 0 Å². The molecule has 2 atom stereocenters. The summed E-state index contributed by atoms with van der Waals surface area (Å²) < 4.78 is 0. The van der Waals surface area contributed by atoms with Crippen molar-refractivity contribution in [2.24, 2.45) is 5.92 Å². The maximum Gasteiger partial charge on any atom is 0.220 e. The van der Waals surface area contributed by atoms with Crippen LogP contribution in [0.4, 0.5) is 5.69 Å². The van der Waals surface area contributed by atoms with Gasteiger partial charge >= 0.3 is 0 Å². The zero-order valence-corrected chi connectivity index (χ0v) is 17.8. The quantitative estimate of drug-likeness (QED) is 0.735. The third kappa shape index (κ3) is 5.37. The van der Waals surface area contributed by atoms with E-state index in [-0.39, 0.29) is 11.9 Å². The lowest BCUT2D eigenvalue weighted by molar-refractivity contribution is -0.121. The first-order chi connectivity index (χ1) is 13.4. The lowest BCUT2D eigenvalue weighted by Crippen LogP contribution is -2.34. The fraction of sp³-hybridized carbons (Fsp3) is 0.480. The van der Waals surface area contributed by atoms with Gasteiger partial charge in [-0.25, -0.2) is 0 Å². The number of aryl methyl sites for hydroxylation is 3. The Hall–Kier alpha value is -2.29. The first-order valence-electron chi connectivity index (χ1n) is 10.6. The third-order valence-corrected chi connectivity index (χ3v) is 6.00. The highest BCUT2D eigenvalue weighted by atomic mass is 16.1. The summed E-state index contributed by atoms with van der Waals surface area (Å²) in [6.45, 7) is 10.9. The molecule has 1 saturated heterocycles. The van der Waals surface area contributed by atoms with Crippen molar-refractivity contribution < 1.29 is 4.79 Å². The first kappa shape index (κ1) is 20.4. The topological polar surface area (TPSA) is 32.3 Å². The number of amides is 1.